The average Bonchev–Trinajstić information content (AvgIpc) is 2.65. The highest BCUT2D eigenvalue weighted by molar-refractivity contribution is 5.88. The smallest absolute Gasteiger partial charge is 0.344 e. The maximum atomic E-state index is 11.9. The van der Waals surface area contributed by atoms with Crippen molar-refractivity contribution in [2.24, 2.45) is 17.8 Å². The fourth-order valence-corrected chi connectivity index (χ4v) is 4.01. The van der Waals surface area contributed by atoms with Gasteiger partial charge >= 0.3 is 11.9 Å². The van der Waals surface area contributed by atoms with Crippen LogP contribution < -0.4 is 0 Å². The van der Waals surface area contributed by atoms with Gasteiger partial charge in [0.05, 0.1) is 6.10 Å². The molecule has 4 aliphatic rings. The molecule has 5 nitrogen and oxygen atoms in total. The van der Waals surface area contributed by atoms with Crippen LogP contribution in [-0.4, -0.2) is 37.4 Å². The van der Waals surface area contributed by atoms with Crippen LogP contribution in [0.1, 0.15) is 32.6 Å². The highest BCUT2D eigenvalue weighted by atomic mass is 16.6. The second-order valence-corrected chi connectivity index (χ2v) is 6.62. The third-order valence-corrected chi connectivity index (χ3v) is 4.82. The van der Waals surface area contributed by atoms with Crippen LogP contribution in [0, 0.1) is 17.8 Å². The van der Waals surface area contributed by atoms with Gasteiger partial charge in [-0.1, -0.05) is 6.58 Å². The predicted octanol–water partition coefficient (Wildman–Crippen LogP) is 1.85. The standard InChI is InChI=1S/C16H22O5/c1-9(2)16(18)20-8-14(17)21-15-12-4-10-3-11(5-12)7-19-13(15)6-10/h10-13,15H,1,3-8H2,2H3. The minimum absolute atomic E-state index is 0.0158. The first-order chi connectivity index (χ1) is 10.0. The van der Waals surface area contributed by atoms with Crippen molar-refractivity contribution in [2.45, 2.75) is 44.8 Å². The molecule has 0 aromatic heterocycles. The van der Waals surface area contributed by atoms with E-state index in [-0.39, 0.29) is 24.4 Å². The number of esters is 2. The number of ether oxygens (including phenoxy) is 3. The molecule has 4 fully saturated rings. The molecule has 0 N–H and O–H groups in total. The Labute approximate surface area is 124 Å². The molecule has 4 bridgehead atoms. The van der Waals surface area contributed by atoms with Crippen LogP contribution in [0.2, 0.25) is 0 Å². The van der Waals surface area contributed by atoms with Crippen LogP contribution in [0.4, 0.5) is 0 Å². The highest BCUT2D eigenvalue weighted by Gasteiger charge is 2.48. The summed E-state index contributed by atoms with van der Waals surface area (Å²) >= 11 is 0. The van der Waals surface area contributed by atoms with Crippen molar-refractivity contribution in [1.82, 2.24) is 0 Å². The number of fused-ring (bicyclic) bond motifs is 1. The van der Waals surface area contributed by atoms with Gasteiger partial charge in [-0.15, -0.1) is 0 Å². The summed E-state index contributed by atoms with van der Waals surface area (Å²) in [7, 11) is 0. The maximum Gasteiger partial charge on any atom is 0.344 e. The molecule has 21 heavy (non-hydrogen) atoms. The lowest BCUT2D eigenvalue weighted by molar-refractivity contribution is -0.174. The van der Waals surface area contributed by atoms with Crippen LogP contribution in [0.15, 0.2) is 12.2 Å². The molecule has 5 atom stereocenters. The summed E-state index contributed by atoms with van der Waals surface area (Å²) in [6.07, 6.45) is 4.28. The largest absolute Gasteiger partial charge is 0.457 e. The van der Waals surface area contributed by atoms with Crippen LogP contribution in [0.25, 0.3) is 0 Å². The van der Waals surface area contributed by atoms with Crippen LogP contribution in [-0.2, 0) is 23.8 Å². The molecular formula is C16H22O5. The molecule has 5 heteroatoms. The molecule has 116 valence electrons. The quantitative estimate of drug-likeness (QED) is 0.585. The van der Waals surface area contributed by atoms with Gasteiger partial charge in [-0.2, -0.15) is 0 Å². The van der Waals surface area contributed by atoms with Crippen molar-refractivity contribution in [3.8, 4) is 0 Å². The van der Waals surface area contributed by atoms with Gasteiger partial charge < -0.3 is 14.2 Å². The summed E-state index contributed by atoms with van der Waals surface area (Å²) in [6.45, 7) is 5.45. The van der Waals surface area contributed by atoms with Crippen molar-refractivity contribution in [3.63, 3.8) is 0 Å². The molecule has 2 saturated carbocycles. The molecule has 4 rings (SSSR count). The minimum atomic E-state index is -0.564. The van der Waals surface area contributed by atoms with Crippen LogP contribution in [0.5, 0.6) is 0 Å². The third kappa shape index (κ3) is 3.12. The van der Waals surface area contributed by atoms with Gasteiger partial charge in [0.1, 0.15) is 6.10 Å². The molecule has 2 saturated heterocycles. The average molecular weight is 294 g/mol. The predicted molar refractivity (Wildman–Crippen MR) is 74.3 cm³/mol. The van der Waals surface area contributed by atoms with E-state index in [0.717, 1.165) is 31.8 Å². The third-order valence-electron chi connectivity index (χ3n) is 4.82. The van der Waals surface area contributed by atoms with Crippen molar-refractivity contribution in [1.29, 1.82) is 0 Å². The second-order valence-electron chi connectivity index (χ2n) is 6.62. The molecule has 0 radical (unpaired) electrons. The Bertz CT molecular complexity index is 450. The number of hydrogen-bond acceptors (Lipinski definition) is 5. The van der Waals surface area contributed by atoms with E-state index in [2.05, 4.69) is 6.58 Å². The second kappa shape index (κ2) is 5.79. The highest BCUT2D eigenvalue weighted by Crippen LogP contribution is 2.47. The molecule has 2 aliphatic carbocycles. The fourth-order valence-electron chi connectivity index (χ4n) is 4.01. The summed E-state index contributed by atoms with van der Waals surface area (Å²) in [5, 5.41) is 0. The lowest BCUT2D eigenvalue weighted by atomic mass is 9.67. The Morgan fingerprint density at radius 3 is 2.71 bits per heavy atom. The number of carbonyl (C=O) groups is 2. The lowest BCUT2D eigenvalue weighted by Crippen LogP contribution is -2.45. The van der Waals surface area contributed by atoms with Gasteiger partial charge in [0.25, 0.3) is 0 Å². The normalized spacial score (nSPS) is 36.9. The van der Waals surface area contributed by atoms with Gasteiger partial charge in [0.2, 0.25) is 0 Å². The zero-order valence-corrected chi connectivity index (χ0v) is 12.4. The zero-order valence-electron chi connectivity index (χ0n) is 12.4. The Kier molecular flexibility index (Phi) is 4.02. The number of hydrogen-bond donors (Lipinski definition) is 0. The van der Waals surface area contributed by atoms with E-state index in [1.165, 1.54) is 6.42 Å². The van der Waals surface area contributed by atoms with Crippen LogP contribution >= 0.6 is 0 Å². The van der Waals surface area contributed by atoms with Crippen LogP contribution in [0.3, 0.4) is 0 Å². The van der Waals surface area contributed by atoms with E-state index < -0.39 is 11.9 Å². The van der Waals surface area contributed by atoms with Gasteiger partial charge in [-0.05, 0) is 50.4 Å². The molecule has 0 aromatic carbocycles. The molecular weight excluding hydrogens is 272 g/mol. The summed E-state index contributed by atoms with van der Waals surface area (Å²) in [4.78, 5) is 23.2. The van der Waals surface area contributed by atoms with E-state index >= 15 is 0 Å². The van der Waals surface area contributed by atoms with Gasteiger partial charge in [0, 0.05) is 12.2 Å². The topological polar surface area (TPSA) is 61.8 Å². The Hall–Kier alpha value is -1.36. The van der Waals surface area contributed by atoms with E-state index in [0.29, 0.717) is 11.8 Å². The van der Waals surface area contributed by atoms with E-state index in [4.69, 9.17) is 14.2 Å². The summed E-state index contributed by atoms with van der Waals surface area (Å²) in [5.41, 5.74) is 0.276. The van der Waals surface area contributed by atoms with Crippen molar-refractivity contribution >= 4 is 11.9 Å². The number of carbonyl (C=O) groups excluding carboxylic acids is 2. The Morgan fingerprint density at radius 2 is 1.95 bits per heavy atom. The molecule has 5 unspecified atom stereocenters. The first-order valence-electron chi connectivity index (χ1n) is 7.66. The van der Waals surface area contributed by atoms with E-state index in [1.54, 1.807) is 6.92 Å². The Morgan fingerprint density at radius 1 is 1.19 bits per heavy atom. The summed E-state index contributed by atoms with van der Waals surface area (Å²) < 4.78 is 16.3. The molecule has 0 amide bonds. The van der Waals surface area contributed by atoms with Crippen molar-refractivity contribution < 1.29 is 23.8 Å². The Balaban J connectivity index is 1.56. The first-order valence-corrected chi connectivity index (χ1v) is 7.66. The maximum absolute atomic E-state index is 11.9. The number of rotatable bonds is 4. The van der Waals surface area contributed by atoms with Gasteiger partial charge in [-0.25, -0.2) is 9.59 Å². The minimum Gasteiger partial charge on any atom is -0.457 e. The van der Waals surface area contributed by atoms with E-state index in [9.17, 15) is 9.59 Å². The summed E-state index contributed by atoms with van der Waals surface area (Å²) in [6, 6.07) is 0. The molecule has 0 aromatic rings. The van der Waals surface area contributed by atoms with E-state index in [1.807, 2.05) is 0 Å². The summed E-state index contributed by atoms with van der Waals surface area (Å²) in [5.74, 6) is 0.674. The van der Waals surface area contributed by atoms with Crippen molar-refractivity contribution in [3.05, 3.63) is 12.2 Å². The van der Waals surface area contributed by atoms with Gasteiger partial charge in [0.15, 0.2) is 6.61 Å². The monoisotopic (exact) mass is 294 g/mol. The molecule has 2 aliphatic heterocycles. The fraction of sp³-hybridized carbons (Fsp3) is 0.750. The van der Waals surface area contributed by atoms with Crippen molar-refractivity contribution in [2.75, 3.05) is 13.2 Å². The zero-order chi connectivity index (χ0) is 15.0. The van der Waals surface area contributed by atoms with Gasteiger partial charge in [-0.3, -0.25) is 0 Å². The molecule has 0 spiro atoms. The molecule has 2 heterocycles. The lowest BCUT2D eigenvalue weighted by Gasteiger charge is -2.42. The first kappa shape index (κ1) is 14.6. The SMILES string of the molecule is C=C(C)C(=O)OCC(=O)OC1C2CC3COC1CC(C3)C2.